The van der Waals surface area contributed by atoms with Crippen molar-refractivity contribution in [2.45, 2.75) is 18.7 Å². The van der Waals surface area contributed by atoms with Gasteiger partial charge in [-0.15, -0.1) is 0 Å². The fourth-order valence-corrected chi connectivity index (χ4v) is 3.46. The van der Waals surface area contributed by atoms with E-state index in [-0.39, 0.29) is 4.83 Å². The molecule has 2 rings (SSSR count). The summed E-state index contributed by atoms with van der Waals surface area (Å²) in [6, 6.07) is 11.9. The molecule has 3 heteroatoms. The summed E-state index contributed by atoms with van der Waals surface area (Å²) in [7, 11) is 0. The van der Waals surface area contributed by atoms with E-state index in [1.807, 2.05) is 30.3 Å². The van der Waals surface area contributed by atoms with Crippen LogP contribution < -0.4 is 0 Å². The Labute approximate surface area is 126 Å². The second-order valence-corrected chi connectivity index (χ2v) is 6.07. The number of alkyl halides is 1. The predicted octanol–water partition coefficient (Wildman–Crippen LogP) is 6.09. The highest BCUT2D eigenvalue weighted by Crippen LogP contribution is 2.39. The van der Waals surface area contributed by atoms with Gasteiger partial charge in [0.05, 0.1) is 4.83 Å². The predicted molar refractivity (Wildman–Crippen MR) is 83.1 cm³/mol. The average molecular weight is 344 g/mol. The number of benzene rings is 2. The van der Waals surface area contributed by atoms with E-state index in [1.54, 1.807) is 0 Å². The summed E-state index contributed by atoms with van der Waals surface area (Å²) < 4.78 is 0. The van der Waals surface area contributed by atoms with Crippen molar-refractivity contribution in [2.24, 2.45) is 0 Å². The monoisotopic (exact) mass is 342 g/mol. The van der Waals surface area contributed by atoms with Gasteiger partial charge in [0.2, 0.25) is 0 Å². The Balaban J connectivity index is 2.50. The van der Waals surface area contributed by atoms with Crippen molar-refractivity contribution < 1.29 is 0 Å². The molecule has 0 aliphatic carbocycles. The maximum absolute atomic E-state index is 6.33. The van der Waals surface area contributed by atoms with Crippen molar-refractivity contribution >= 4 is 39.1 Å². The second kappa shape index (κ2) is 5.64. The third kappa shape index (κ3) is 2.74. The summed E-state index contributed by atoms with van der Waals surface area (Å²) in [5.41, 5.74) is 4.51. The largest absolute Gasteiger partial charge is 0.0840 e. The average Bonchev–Trinajstić information content (AvgIpc) is 2.33. The van der Waals surface area contributed by atoms with Gasteiger partial charge in [-0.3, -0.25) is 0 Å². The lowest BCUT2D eigenvalue weighted by molar-refractivity contribution is 1.16. The molecular formula is C15H13BrCl2. The van der Waals surface area contributed by atoms with Gasteiger partial charge in [0.15, 0.2) is 0 Å². The Morgan fingerprint density at radius 2 is 1.50 bits per heavy atom. The molecule has 1 atom stereocenters. The van der Waals surface area contributed by atoms with Gasteiger partial charge in [0, 0.05) is 10.0 Å². The summed E-state index contributed by atoms with van der Waals surface area (Å²) in [5.74, 6) is 0. The second-order valence-electron chi connectivity index (χ2n) is 4.34. The SMILES string of the molecule is Cc1cc(Cl)c(C(Br)c2ccccc2Cl)cc1C. The van der Waals surface area contributed by atoms with Crippen LogP contribution in [0, 0.1) is 13.8 Å². The van der Waals surface area contributed by atoms with Crippen molar-refractivity contribution in [1.82, 2.24) is 0 Å². The molecule has 1 unspecified atom stereocenters. The molecule has 18 heavy (non-hydrogen) atoms. The summed E-state index contributed by atoms with van der Waals surface area (Å²) >= 11 is 16.2. The quantitative estimate of drug-likeness (QED) is 0.578. The molecule has 0 nitrogen and oxygen atoms in total. The lowest BCUT2D eigenvalue weighted by atomic mass is 10.0. The van der Waals surface area contributed by atoms with Gasteiger partial charge in [-0.25, -0.2) is 0 Å². The van der Waals surface area contributed by atoms with Gasteiger partial charge in [-0.2, -0.15) is 0 Å². The van der Waals surface area contributed by atoms with E-state index in [4.69, 9.17) is 23.2 Å². The molecule has 0 bridgehead atoms. The Hall–Kier alpha value is -0.500. The maximum atomic E-state index is 6.33. The first kappa shape index (κ1) is 13.9. The first-order valence-corrected chi connectivity index (χ1v) is 7.33. The van der Waals surface area contributed by atoms with Crippen LogP contribution in [0.5, 0.6) is 0 Å². The molecule has 0 aliphatic heterocycles. The zero-order chi connectivity index (χ0) is 13.3. The minimum atomic E-state index is 0.0120. The number of hydrogen-bond donors (Lipinski definition) is 0. The Kier molecular flexibility index (Phi) is 4.37. The lowest BCUT2D eigenvalue weighted by Crippen LogP contribution is -1.97. The minimum absolute atomic E-state index is 0.0120. The Morgan fingerprint density at radius 1 is 0.889 bits per heavy atom. The van der Waals surface area contributed by atoms with Crippen molar-refractivity contribution in [1.29, 1.82) is 0 Å². The molecule has 0 saturated carbocycles. The Morgan fingerprint density at radius 3 is 2.17 bits per heavy atom. The summed E-state index contributed by atoms with van der Waals surface area (Å²) in [6.07, 6.45) is 0. The molecule has 2 aromatic carbocycles. The van der Waals surface area contributed by atoms with Crippen LogP contribution >= 0.6 is 39.1 Å². The van der Waals surface area contributed by atoms with Crippen LogP contribution in [-0.4, -0.2) is 0 Å². The fourth-order valence-electron chi connectivity index (χ4n) is 1.85. The summed E-state index contributed by atoms with van der Waals surface area (Å²) in [5, 5.41) is 1.51. The van der Waals surface area contributed by atoms with Gasteiger partial charge in [-0.05, 0) is 48.2 Å². The van der Waals surface area contributed by atoms with E-state index >= 15 is 0 Å². The topological polar surface area (TPSA) is 0 Å². The third-order valence-corrected chi connectivity index (χ3v) is 4.72. The maximum Gasteiger partial charge on any atom is 0.0673 e. The molecule has 2 aromatic rings. The molecule has 0 fully saturated rings. The van der Waals surface area contributed by atoms with Crippen LogP contribution in [0.25, 0.3) is 0 Å². The van der Waals surface area contributed by atoms with Crippen molar-refractivity contribution in [3.8, 4) is 0 Å². The molecular weight excluding hydrogens is 331 g/mol. The molecule has 0 aliphatic rings. The van der Waals surface area contributed by atoms with Gasteiger partial charge < -0.3 is 0 Å². The molecule has 0 saturated heterocycles. The minimum Gasteiger partial charge on any atom is -0.0840 e. The molecule has 0 amide bonds. The third-order valence-electron chi connectivity index (χ3n) is 3.06. The zero-order valence-corrected chi connectivity index (χ0v) is 13.3. The normalized spacial score (nSPS) is 12.5. The van der Waals surface area contributed by atoms with Gasteiger partial charge in [-0.1, -0.05) is 63.4 Å². The lowest BCUT2D eigenvalue weighted by Gasteiger charge is -2.16. The van der Waals surface area contributed by atoms with Crippen molar-refractivity contribution in [3.63, 3.8) is 0 Å². The number of halogens is 3. The van der Waals surface area contributed by atoms with Gasteiger partial charge in [0.25, 0.3) is 0 Å². The van der Waals surface area contributed by atoms with Gasteiger partial charge in [0.1, 0.15) is 0 Å². The van der Waals surface area contributed by atoms with Crippen LogP contribution in [0.4, 0.5) is 0 Å². The van der Waals surface area contributed by atoms with Crippen LogP contribution in [0.2, 0.25) is 10.0 Å². The van der Waals surface area contributed by atoms with Crippen molar-refractivity contribution in [3.05, 3.63) is 68.7 Å². The van der Waals surface area contributed by atoms with E-state index in [1.165, 1.54) is 11.1 Å². The van der Waals surface area contributed by atoms with Crippen LogP contribution in [0.1, 0.15) is 27.1 Å². The fraction of sp³-hybridized carbons (Fsp3) is 0.200. The summed E-state index contributed by atoms with van der Waals surface area (Å²) in [4.78, 5) is 0.0120. The molecule has 0 N–H and O–H groups in total. The molecule has 0 spiro atoms. The molecule has 0 heterocycles. The van der Waals surface area contributed by atoms with Crippen LogP contribution in [0.15, 0.2) is 36.4 Å². The van der Waals surface area contributed by atoms with Crippen LogP contribution in [0.3, 0.4) is 0 Å². The first-order chi connectivity index (χ1) is 8.50. The van der Waals surface area contributed by atoms with E-state index in [0.717, 1.165) is 21.2 Å². The van der Waals surface area contributed by atoms with E-state index in [0.29, 0.717) is 0 Å². The molecule has 0 radical (unpaired) electrons. The van der Waals surface area contributed by atoms with E-state index in [2.05, 4.69) is 35.8 Å². The zero-order valence-electron chi connectivity index (χ0n) is 10.2. The molecule has 0 aromatic heterocycles. The highest BCUT2D eigenvalue weighted by atomic mass is 79.9. The first-order valence-electron chi connectivity index (χ1n) is 5.66. The number of aryl methyl sites for hydroxylation is 2. The Bertz CT molecular complexity index is 579. The smallest absolute Gasteiger partial charge is 0.0673 e. The molecule has 94 valence electrons. The van der Waals surface area contributed by atoms with E-state index in [9.17, 15) is 0 Å². The number of hydrogen-bond acceptors (Lipinski definition) is 0. The standard InChI is InChI=1S/C15H13BrCl2/c1-9-7-12(14(18)8-10(9)2)15(16)11-5-3-4-6-13(11)17/h3-8,15H,1-2H3. The van der Waals surface area contributed by atoms with Crippen LogP contribution in [-0.2, 0) is 0 Å². The highest BCUT2D eigenvalue weighted by molar-refractivity contribution is 9.09. The summed E-state index contributed by atoms with van der Waals surface area (Å²) in [6.45, 7) is 4.14. The number of rotatable bonds is 2. The van der Waals surface area contributed by atoms with Gasteiger partial charge >= 0.3 is 0 Å². The van der Waals surface area contributed by atoms with E-state index < -0.39 is 0 Å². The highest BCUT2D eigenvalue weighted by Gasteiger charge is 2.17. The van der Waals surface area contributed by atoms with Crippen molar-refractivity contribution in [2.75, 3.05) is 0 Å².